The molecule has 0 fully saturated rings. The summed E-state index contributed by atoms with van der Waals surface area (Å²) < 4.78 is 0. The number of nitrogens with one attached hydrogen (secondary N) is 1. The van der Waals surface area contributed by atoms with E-state index in [1.54, 1.807) is 18.2 Å². The van der Waals surface area contributed by atoms with Gasteiger partial charge >= 0.3 is 6.09 Å². The van der Waals surface area contributed by atoms with Crippen molar-refractivity contribution in [2.75, 3.05) is 0 Å². The van der Waals surface area contributed by atoms with E-state index in [-0.39, 0.29) is 0 Å². The fraction of sp³-hybridized carbons (Fsp3) is 0.300. The zero-order valence-electron chi connectivity index (χ0n) is 8.45. The minimum absolute atomic E-state index is 0.312. The summed E-state index contributed by atoms with van der Waals surface area (Å²) in [5, 5.41) is 21.0. The van der Waals surface area contributed by atoms with Crippen LogP contribution < -0.4 is 5.32 Å². The Morgan fingerprint density at radius 3 is 2.25 bits per heavy atom. The molecule has 1 aromatic rings. The number of benzene rings is 1. The van der Waals surface area contributed by atoms with Crippen LogP contribution in [0, 0.1) is 0 Å². The lowest BCUT2D eigenvalue weighted by Gasteiger charge is -2.22. The van der Waals surface area contributed by atoms with Gasteiger partial charge < -0.3 is 15.5 Å². The third-order valence-electron chi connectivity index (χ3n) is 2.07. The van der Waals surface area contributed by atoms with Gasteiger partial charge in [-0.1, -0.05) is 29.3 Å². The monoisotopic (exact) mass is 263 g/mol. The molecule has 4 nitrogen and oxygen atoms in total. The van der Waals surface area contributed by atoms with Gasteiger partial charge in [-0.3, -0.25) is 0 Å². The topological polar surface area (TPSA) is 69.6 Å². The molecule has 0 saturated heterocycles. The van der Waals surface area contributed by atoms with Crippen molar-refractivity contribution in [3.05, 3.63) is 33.8 Å². The Morgan fingerprint density at radius 1 is 1.38 bits per heavy atom. The Labute approximate surface area is 103 Å². The lowest BCUT2D eigenvalue weighted by molar-refractivity contribution is 0.134. The quantitative estimate of drug-likeness (QED) is 0.786. The van der Waals surface area contributed by atoms with Crippen LogP contribution in [0.1, 0.15) is 18.5 Å². The summed E-state index contributed by atoms with van der Waals surface area (Å²) >= 11 is 11.8. The van der Waals surface area contributed by atoms with Crippen molar-refractivity contribution in [1.82, 2.24) is 5.32 Å². The molecular formula is C10H11Cl2NO3. The second kappa shape index (κ2) is 5.39. The van der Waals surface area contributed by atoms with Gasteiger partial charge in [0, 0.05) is 15.6 Å². The van der Waals surface area contributed by atoms with Gasteiger partial charge in [0.2, 0.25) is 0 Å². The molecule has 0 spiro atoms. The maximum absolute atomic E-state index is 10.6. The van der Waals surface area contributed by atoms with Crippen molar-refractivity contribution in [3.63, 3.8) is 0 Å². The Hall–Kier alpha value is -0.970. The summed E-state index contributed by atoms with van der Waals surface area (Å²) in [7, 11) is 0. The van der Waals surface area contributed by atoms with E-state index in [2.05, 4.69) is 5.32 Å². The standard InChI is InChI=1S/C10H11Cl2NO3/c1-5(14)9(13-10(15)16)8-6(11)3-2-4-7(8)12/h2-5,9,13-14H,1H3,(H,15,16)/t5-,9+/m0/s1. The zero-order valence-corrected chi connectivity index (χ0v) is 9.96. The van der Waals surface area contributed by atoms with Gasteiger partial charge in [-0.05, 0) is 19.1 Å². The number of aliphatic hydroxyl groups is 1. The van der Waals surface area contributed by atoms with Crippen LogP contribution >= 0.6 is 23.2 Å². The Balaban J connectivity index is 3.15. The van der Waals surface area contributed by atoms with Crippen molar-refractivity contribution in [3.8, 4) is 0 Å². The molecule has 0 unspecified atom stereocenters. The van der Waals surface area contributed by atoms with Gasteiger partial charge in [0.1, 0.15) is 0 Å². The molecule has 0 heterocycles. The number of amides is 1. The third-order valence-corrected chi connectivity index (χ3v) is 2.73. The first-order valence-electron chi connectivity index (χ1n) is 4.55. The number of carboxylic acid groups (broad SMARTS) is 1. The van der Waals surface area contributed by atoms with Gasteiger partial charge in [-0.25, -0.2) is 4.79 Å². The maximum Gasteiger partial charge on any atom is 0.405 e. The van der Waals surface area contributed by atoms with Crippen molar-refractivity contribution in [2.24, 2.45) is 0 Å². The van der Waals surface area contributed by atoms with Gasteiger partial charge in [0.25, 0.3) is 0 Å². The first-order valence-corrected chi connectivity index (χ1v) is 5.30. The van der Waals surface area contributed by atoms with Crippen molar-refractivity contribution in [2.45, 2.75) is 19.1 Å². The average molecular weight is 264 g/mol. The number of hydrogen-bond donors (Lipinski definition) is 3. The number of halogens is 2. The van der Waals surface area contributed by atoms with Crippen LogP contribution in [0.4, 0.5) is 4.79 Å². The smallest absolute Gasteiger partial charge is 0.405 e. The summed E-state index contributed by atoms with van der Waals surface area (Å²) in [6.45, 7) is 1.46. The highest BCUT2D eigenvalue weighted by molar-refractivity contribution is 6.36. The van der Waals surface area contributed by atoms with Crippen LogP contribution in [-0.4, -0.2) is 22.4 Å². The van der Waals surface area contributed by atoms with Crippen LogP contribution in [0.3, 0.4) is 0 Å². The highest BCUT2D eigenvalue weighted by atomic mass is 35.5. The highest BCUT2D eigenvalue weighted by Gasteiger charge is 2.24. The normalized spacial score (nSPS) is 14.2. The number of carbonyl (C=O) groups is 1. The minimum Gasteiger partial charge on any atom is -0.465 e. The van der Waals surface area contributed by atoms with Gasteiger partial charge in [0.05, 0.1) is 12.1 Å². The molecule has 0 radical (unpaired) electrons. The van der Waals surface area contributed by atoms with Gasteiger partial charge in [-0.15, -0.1) is 0 Å². The van der Waals surface area contributed by atoms with Crippen LogP contribution in [0.15, 0.2) is 18.2 Å². The maximum atomic E-state index is 10.6. The molecule has 1 rings (SSSR count). The molecule has 0 aliphatic rings. The Bertz CT molecular complexity index is 375. The third kappa shape index (κ3) is 3.01. The number of rotatable bonds is 3. The molecule has 0 aliphatic heterocycles. The van der Waals surface area contributed by atoms with Crippen LogP contribution in [-0.2, 0) is 0 Å². The first-order chi connectivity index (χ1) is 7.43. The van der Waals surface area contributed by atoms with E-state index in [0.29, 0.717) is 15.6 Å². The van der Waals surface area contributed by atoms with Crippen LogP contribution in [0.2, 0.25) is 10.0 Å². The lowest BCUT2D eigenvalue weighted by Crippen LogP contribution is -2.34. The largest absolute Gasteiger partial charge is 0.465 e. The van der Waals surface area contributed by atoms with E-state index in [4.69, 9.17) is 28.3 Å². The Kier molecular flexibility index (Phi) is 4.41. The molecule has 2 atom stereocenters. The highest BCUT2D eigenvalue weighted by Crippen LogP contribution is 2.31. The second-order valence-corrected chi connectivity index (χ2v) is 4.12. The van der Waals surface area contributed by atoms with Crippen molar-refractivity contribution >= 4 is 29.3 Å². The summed E-state index contributed by atoms with van der Waals surface area (Å²) in [6.07, 6.45) is -2.18. The molecule has 0 aromatic heterocycles. The predicted molar refractivity (Wildman–Crippen MR) is 62.0 cm³/mol. The van der Waals surface area contributed by atoms with E-state index >= 15 is 0 Å². The fourth-order valence-corrected chi connectivity index (χ4v) is 2.01. The van der Waals surface area contributed by atoms with E-state index < -0.39 is 18.2 Å². The molecule has 88 valence electrons. The summed E-state index contributed by atoms with van der Waals surface area (Å²) in [6, 6.07) is 3.97. The van der Waals surface area contributed by atoms with E-state index in [1.807, 2.05) is 0 Å². The zero-order chi connectivity index (χ0) is 12.3. The van der Waals surface area contributed by atoms with Crippen LogP contribution in [0.5, 0.6) is 0 Å². The summed E-state index contributed by atoms with van der Waals surface area (Å²) in [4.78, 5) is 10.6. The van der Waals surface area contributed by atoms with Gasteiger partial charge in [-0.2, -0.15) is 0 Å². The molecule has 0 saturated carbocycles. The Morgan fingerprint density at radius 2 is 1.88 bits per heavy atom. The molecule has 16 heavy (non-hydrogen) atoms. The summed E-state index contributed by atoms with van der Waals surface area (Å²) in [5.41, 5.74) is 0.378. The molecule has 3 N–H and O–H groups in total. The lowest BCUT2D eigenvalue weighted by atomic mass is 10.0. The number of aliphatic hydroxyl groups excluding tert-OH is 1. The molecule has 1 aromatic carbocycles. The molecule has 1 amide bonds. The van der Waals surface area contributed by atoms with E-state index in [0.717, 1.165) is 0 Å². The number of hydrogen-bond acceptors (Lipinski definition) is 2. The second-order valence-electron chi connectivity index (χ2n) is 3.30. The van der Waals surface area contributed by atoms with Crippen molar-refractivity contribution in [1.29, 1.82) is 0 Å². The SMILES string of the molecule is C[C@H](O)[C@@H](NC(=O)O)c1c(Cl)cccc1Cl. The van der Waals surface area contributed by atoms with E-state index in [9.17, 15) is 9.90 Å². The van der Waals surface area contributed by atoms with Crippen molar-refractivity contribution < 1.29 is 15.0 Å². The molecule has 0 aliphatic carbocycles. The first kappa shape index (κ1) is 13.1. The average Bonchev–Trinajstić information content (AvgIpc) is 2.15. The van der Waals surface area contributed by atoms with E-state index in [1.165, 1.54) is 6.92 Å². The predicted octanol–water partition coefficient (Wildman–Crippen LogP) is 2.68. The van der Waals surface area contributed by atoms with Gasteiger partial charge in [0.15, 0.2) is 0 Å². The fourth-order valence-electron chi connectivity index (χ4n) is 1.37. The van der Waals surface area contributed by atoms with Crippen LogP contribution in [0.25, 0.3) is 0 Å². The molecular weight excluding hydrogens is 253 g/mol. The summed E-state index contributed by atoms with van der Waals surface area (Å²) in [5.74, 6) is 0. The minimum atomic E-state index is -1.25. The molecule has 6 heteroatoms. The molecule has 0 bridgehead atoms.